The molecular formula is C33H33ClF2N6O3. The van der Waals surface area contributed by atoms with E-state index >= 15 is 4.39 Å². The van der Waals surface area contributed by atoms with E-state index in [1.807, 2.05) is 17.9 Å². The average molecular weight is 635 g/mol. The van der Waals surface area contributed by atoms with Crippen LogP contribution in [0.5, 0.6) is 11.8 Å². The van der Waals surface area contributed by atoms with Gasteiger partial charge in [-0.25, -0.2) is 8.78 Å². The first-order valence-corrected chi connectivity index (χ1v) is 15.9. The maximum Gasteiger partial charge on any atom is 0.319 e. The number of nitrogens with two attached hydrogens (primary N) is 1. The normalized spacial score (nSPS) is 27.2. The van der Waals surface area contributed by atoms with Gasteiger partial charge in [-0.1, -0.05) is 23.7 Å². The molecule has 4 atom stereocenters. The second-order valence-corrected chi connectivity index (χ2v) is 13.4. The van der Waals surface area contributed by atoms with Crippen molar-refractivity contribution in [2.45, 2.75) is 69.3 Å². The fourth-order valence-electron chi connectivity index (χ4n) is 8.30. The third kappa shape index (κ3) is 4.22. The molecule has 0 saturated carbocycles. The largest absolute Gasteiger partial charge is 0.491 e. The molecule has 45 heavy (non-hydrogen) atoms. The fourth-order valence-corrected chi connectivity index (χ4v) is 8.63. The Morgan fingerprint density at radius 1 is 1.27 bits per heavy atom. The summed E-state index contributed by atoms with van der Waals surface area (Å²) in [5.41, 5.74) is 9.34. The van der Waals surface area contributed by atoms with E-state index < -0.39 is 23.6 Å². The molecule has 0 bridgehead atoms. The van der Waals surface area contributed by atoms with Gasteiger partial charge in [0.25, 0.3) is 0 Å². The Morgan fingerprint density at radius 3 is 2.93 bits per heavy atom. The van der Waals surface area contributed by atoms with Crippen LogP contribution in [-0.2, 0) is 6.42 Å². The standard InChI is InChI=1S/C33H33ClF2N6O3/c1-16-3-4-18(24-19(16)11-21(38)20(24)13-37)25-27(34)30-26-29(28(25)36)39-32(45-15-33-7-2-8-41(33)14-17(35)12-33)40-31(26)42-9-5-23(43)22(42)6-10-44-30/h3-4,17,22-23,43H,2,5-12,14-15,38H2,1H3/t17-,22?,23?,33+/m1/s1. The van der Waals surface area contributed by atoms with E-state index in [1.165, 1.54) is 0 Å². The Labute approximate surface area is 264 Å². The second-order valence-electron chi connectivity index (χ2n) is 13.0. The number of nitriles is 1. The molecule has 0 radical (unpaired) electrons. The van der Waals surface area contributed by atoms with Gasteiger partial charge in [-0.3, -0.25) is 4.90 Å². The number of aliphatic hydroxyl groups is 1. The van der Waals surface area contributed by atoms with Crippen LogP contribution in [0.1, 0.15) is 48.8 Å². The van der Waals surface area contributed by atoms with Gasteiger partial charge in [0, 0.05) is 49.2 Å². The van der Waals surface area contributed by atoms with Crippen molar-refractivity contribution in [3.05, 3.63) is 45.4 Å². The first kappa shape index (κ1) is 28.7. The summed E-state index contributed by atoms with van der Waals surface area (Å²) in [6.45, 7) is 4.03. The van der Waals surface area contributed by atoms with E-state index in [1.54, 1.807) is 6.07 Å². The van der Waals surface area contributed by atoms with Gasteiger partial charge < -0.3 is 25.2 Å². The Bertz CT molecular complexity index is 1850. The van der Waals surface area contributed by atoms with E-state index in [0.29, 0.717) is 72.4 Å². The fraction of sp³-hybridized carbons (Fsp3) is 0.485. The van der Waals surface area contributed by atoms with Crippen LogP contribution in [0.3, 0.4) is 0 Å². The minimum Gasteiger partial charge on any atom is -0.491 e. The number of aromatic nitrogens is 2. The molecular weight excluding hydrogens is 602 g/mol. The Morgan fingerprint density at radius 2 is 2.11 bits per heavy atom. The summed E-state index contributed by atoms with van der Waals surface area (Å²) in [6, 6.07) is 5.51. The van der Waals surface area contributed by atoms with Crippen LogP contribution in [0.15, 0.2) is 17.8 Å². The first-order chi connectivity index (χ1) is 21.7. The summed E-state index contributed by atoms with van der Waals surface area (Å²) in [6.07, 6.45) is 2.00. The van der Waals surface area contributed by atoms with Gasteiger partial charge in [0.2, 0.25) is 0 Å². The van der Waals surface area contributed by atoms with Gasteiger partial charge in [0.1, 0.15) is 30.2 Å². The molecule has 2 aromatic carbocycles. The second kappa shape index (κ2) is 10.4. The number of nitrogens with zero attached hydrogens (tertiary/aromatic N) is 5. The minimum atomic E-state index is -0.925. The van der Waals surface area contributed by atoms with Crippen molar-refractivity contribution in [3.63, 3.8) is 0 Å². The number of allylic oxidation sites excluding steroid dienone is 2. The Kier molecular flexibility index (Phi) is 6.64. The van der Waals surface area contributed by atoms with Gasteiger partial charge in [-0.05, 0) is 49.4 Å². The van der Waals surface area contributed by atoms with E-state index in [-0.39, 0.29) is 47.1 Å². The maximum atomic E-state index is 17.1. The lowest BCUT2D eigenvalue weighted by molar-refractivity contribution is 0.107. The molecule has 3 fully saturated rings. The number of alkyl halides is 1. The summed E-state index contributed by atoms with van der Waals surface area (Å²) >= 11 is 7.07. The van der Waals surface area contributed by atoms with Crippen LogP contribution in [0, 0.1) is 24.1 Å². The topological polar surface area (TPSA) is 121 Å². The Balaban J connectivity index is 1.34. The zero-order valence-corrected chi connectivity index (χ0v) is 25.6. The molecule has 234 valence electrons. The zero-order valence-electron chi connectivity index (χ0n) is 24.9. The molecule has 5 heterocycles. The first-order valence-electron chi connectivity index (χ1n) is 15.5. The van der Waals surface area contributed by atoms with Crippen LogP contribution < -0.4 is 20.1 Å². The molecule has 3 aromatic rings. The lowest BCUT2D eigenvalue weighted by atomic mass is 9.90. The number of anilines is 1. The number of hydrogen-bond acceptors (Lipinski definition) is 9. The van der Waals surface area contributed by atoms with Gasteiger partial charge in [-0.15, -0.1) is 0 Å². The van der Waals surface area contributed by atoms with Crippen molar-refractivity contribution in [3.8, 4) is 29.0 Å². The van der Waals surface area contributed by atoms with E-state index in [4.69, 9.17) is 31.8 Å². The average Bonchev–Trinajstić information content (AvgIpc) is 3.74. The lowest BCUT2D eigenvalue weighted by Gasteiger charge is -2.33. The molecule has 0 spiro atoms. The highest BCUT2D eigenvalue weighted by molar-refractivity contribution is 6.36. The highest BCUT2D eigenvalue weighted by Crippen LogP contribution is 2.51. The predicted octanol–water partition coefficient (Wildman–Crippen LogP) is 4.82. The van der Waals surface area contributed by atoms with Crippen LogP contribution in [0.4, 0.5) is 14.6 Å². The van der Waals surface area contributed by atoms with Crippen molar-refractivity contribution in [2.24, 2.45) is 5.73 Å². The molecule has 12 heteroatoms. The third-order valence-corrected chi connectivity index (χ3v) is 10.8. The highest BCUT2D eigenvalue weighted by Gasteiger charge is 2.49. The molecule has 0 amide bonds. The van der Waals surface area contributed by atoms with Crippen molar-refractivity contribution in [2.75, 3.05) is 37.7 Å². The van der Waals surface area contributed by atoms with Gasteiger partial charge in [0.15, 0.2) is 11.6 Å². The third-order valence-electron chi connectivity index (χ3n) is 10.5. The summed E-state index contributed by atoms with van der Waals surface area (Å²) in [4.78, 5) is 13.5. The molecule has 2 unspecified atom stereocenters. The molecule has 5 aliphatic rings. The smallest absolute Gasteiger partial charge is 0.319 e. The number of aryl methyl sites for hydroxylation is 1. The van der Waals surface area contributed by atoms with E-state index in [9.17, 15) is 14.8 Å². The quantitative estimate of drug-likeness (QED) is 0.416. The van der Waals surface area contributed by atoms with Crippen LogP contribution in [-0.4, -0.2) is 76.7 Å². The summed E-state index contributed by atoms with van der Waals surface area (Å²) < 4.78 is 44.1. The Hall–Kier alpha value is -3.72. The molecule has 3 N–H and O–H groups in total. The van der Waals surface area contributed by atoms with Crippen LogP contribution >= 0.6 is 11.6 Å². The highest BCUT2D eigenvalue weighted by atomic mass is 35.5. The molecule has 3 saturated heterocycles. The number of rotatable bonds is 4. The maximum absolute atomic E-state index is 17.1. The molecule has 1 aliphatic carbocycles. The van der Waals surface area contributed by atoms with Crippen molar-refractivity contribution < 1.29 is 23.4 Å². The molecule has 9 nitrogen and oxygen atoms in total. The van der Waals surface area contributed by atoms with Crippen molar-refractivity contribution in [1.82, 2.24) is 14.9 Å². The predicted molar refractivity (Wildman–Crippen MR) is 166 cm³/mol. The summed E-state index contributed by atoms with van der Waals surface area (Å²) in [5, 5.41) is 21.2. The minimum absolute atomic E-state index is 0.0316. The number of ether oxygens (including phenoxy) is 2. The van der Waals surface area contributed by atoms with Crippen LogP contribution in [0.25, 0.3) is 27.6 Å². The van der Waals surface area contributed by atoms with Gasteiger partial charge in [0.05, 0.1) is 40.3 Å². The number of benzene rings is 2. The van der Waals surface area contributed by atoms with E-state index in [2.05, 4.69) is 16.0 Å². The zero-order chi connectivity index (χ0) is 31.2. The summed E-state index contributed by atoms with van der Waals surface area (Å²) in [5.74, 6) is -0.0825. The van der Waals surface area contributed by atoms with Gasteiger partial charge >= 0.3 is 6.01 Å². The molecule has 4 aliphatic heterocycles. The van der Waals surface area contributed by atoms with E-state index in [0.717, 1.165) is 30.5 Å². The summed E-state index contributed by atoms with van der Waals surface area (Å²) in [7, 11) is 0. The molecule has 8 rings (SSSR count). The molecule has 1 aromatic heterocycles. The lowest BCUT2D eigenvalue weighted by Crippen LogP contribution is -2.43. The van der Waals surface area contributed by atoms with Crippen molar-refractivity contribution in [1.29, 1.82) is 5.26 Å². The van der Waals surface area contributed by atoms with Gasteiger partial charge in [-0.2, -0.15) is 15.2 Å². The number of aliphatic hydroxyl groups excluding tert-OH is 1. The number of halogens is 3. The monoisotopic (exact) mass is 634 g/mol. The SMILES string of the molecule is Cc1ccc(-c2c(Cl)c3c4c(nc(OC[C@@]56CCCN5C[C@H](F)C6)nc4c2F)N2CCC(O)C2CCO3)c2c1CC(N)=C2C#N. The number of fused-ring (bicyclic) bond motifs is 4. The number of hydrogen-bond donors (Lipinski definition) is 2. The van der Waals surface area contributed by atoms with Crippen molar-refractivity contribution >= 4 is 33.9 Å². The van der Waals surface area contributed by atoms with Crippen LogP contribution in [0.2, 0.25) is 5.02 Å².